The van der Waals surface area contributed by atoms with Crippen LogP contribution in [0.15, 0.2) is 34.9 Å². The van der Waals surface area contributed by atoms with Crippen molar-refractivity contribution in [3.8, 4) is 0 Å². The molecule has 2 heterocycles. The van der Waals surface area contributed by atoms with Crippen molar-refractivity contribution >= 4 is 5.91 Å². The number of aryl methyl sites for hydroxylation is 1. The second kappa shape index (κ2) is 7.76. The van der Waals surface area contributed by atoms with Gasteiger partial charge in [-0.25, -0.2) is 4.39 Å². The van der Waals surface area contributed by atoms with E-state index in [4.69, 9.17) is 4.52 Å². The molecule has 1 aromatic carbocycles. The molecule has 1 amide bonds. The van der Waals surface area contributed by atoms with E-state index >= 15 is 0 Å². The van der Waals surface area contributed by atoms with E-state index in [0.717, 1.165) is 31.7 Å². The molecule has 134 valence electrons. The lowest BCUT2D eigenvalue weighted by Crippen LogP contribution is -2.48. The van der Waals surface area contributed by atoms with Crippen molar-refractivity contribution in [1.29, 1.82) is 0 Å². The smallest absolute Gasteiger partial charge is 0.273 e. The number of likely N-dealkylation sites (N-methyl/N-ethyl adjacent to an activating group) is 1. The molecule has 25 heavy (non-hydrogen) atoms. The summed E-state index contributed by atoms with van der Waals surface area (Å²) < 4.78 is 18.2. The van der Waals surface area contributed by atoms with E-state index in [1.54, 1.807) is 25.1 Å². The number of amides is 1. The summed E-state index contributed by atoms with van der Waals surface area (Å²) in [6.45, 7) is 5.91. The average Bonchev–Trinajstić information content (AvgIpc) is 3.04. The molecule has 1 aromatic heterocycles. The van der Waals surface area contributed by atoms with E-state index in [0.29, 0.717) is 12.3 Å². The summed E-state index contributed by atoms with van der Waals surface area (Å²) in [5.74, 6) is 0.0698. The Morgan fingerprint density at radius 1 is 1.28 bits per heavy atom. The van der Waals surface area contributed by atoms with E-state index in [9.17, 15) is 9.18 Å². The van der Waals surface area contributed by atoms with Crippen molar-refractivity contribution < 1.29 is 13.7 Å². The van der Waals surface area contributed by atoms with Crippen LogP contribution in [0, 0.1) is 12.7 Å². The minimum Gasteiger partial charge on any atom is -0.361 e. The van der Waals surface area contributed by atoms with E-state index in [2.05, 4.69) is 27.3 Å². The van der Waals surface area contributed by atoms with Gasteiger partial charge in [-0.15, -0.1) is 0 Å². The SMILES string of the molecule is Cc1cc(C(=O)NC[C@H](c2ccc(F)cc2)N2CCN(C)CC2)no1. The van der Waals surface area contributed by atoms with Crippen LogP contribution in [0.2, 0.25) is 0 Å². The number of aromatic nitrogens is 1. The van der Waals surface area contributed by atoms with Crippen LogP contribution in [0.4, 0.5) is 4.39 Å². The number of benzene rings is 1. The Balaban J connectivity index is 1.71. The molecule has 1 fully saturated rings. The third-order valence-electron chi connectivity index (χ3n) is 4.55. The number of carbonyl (C=O) groups is 1. The van der Waals surface area contributed by atoms with Gasteiger partial charge >= 0.3 is 0 Å². The molecule has 0 radical (unpaired) electrons. The lowest BCUT2D eigenvalue weighted by atomic mass is 10.0. The maximum Gasteiger partial charge on any atom is 0.273 e. The largest absolute Gasteiger partial charge is 0.361 e. The van der Waals surface area contributed by atoms with Crippen LogP contribution in [0.3, 0.4) is 0 Å². The third kappa shape index (κ3) is 4.43. The summed E-state index contributed by atoms with van der Waals surface area (Å²) in [7, 11) is 2.10. The number of halogens is 1. The molecule has 0 spiro atoms. The molecule has 0 bridgehead atoms. The van der Waals surface area contributed by atoms with Crippen LogP contribution in [-0.4, -0.2) is 60.6 Å². The van der Waals surface area contributed by atoms with Gasteiger partial charge in [-0.3, -0.25) is 9.69 Å². The topological polar surface area (TPSA) is 61.6 Å². The molecule has 1 aliphatic heterocycles. The quantitative estimate of drug-likeness (QED) is 0.895. The summed E-state index contributed by atoms with van der Waals surface area (Å²) >= 11 is 0. The summed E-state index contributed by atoms with van der Waals surface area (Å²) in [5, 5.41) is 6.67. The van der Waals surface area contributed by atoms with Gasteiger partial charge in [0.15, 0.2) is 5.69 Å². The highest BCUT2D eigenvalue weighted by molar-refractivity contribution is 5.92. The maximum absolute atomic E-state index is 13.3. The standard InChI is InChI=1S/C18H23FN4O2/c1-13-11-16(21-25-13)18(24)20-12-17(14-3-5-15(19)6-4-14)23-9-7-22(2)8-10-23/h3-6,11,17H,7-10,12H2,1-2H3,(H,20,24)/t17-/m1/s1. The van der Waals surface area contributed by atoms with Crippen molar-refractivity contribution in [1.82, 2.24) is 20.3 Å². The van der Waals surface area contributed by atoms with Crippen LogP contribution in [-0.2, 0) is 0 Å². The number of nitrogens with one attached hydrogen (secondary N) is 1. The highest BCUT2D eigenvalue weighted by Crippen LogP contribution is 2.22. The van der Waals surface area contributed by atoms with Gasteiger partial charge in [0.2, 0.25) is 0 Å². The predicted octanol–water partition coefficient (Wildman–Crippen LogP) is 1.84. The number of piperazine rings is 1. The maximum atomic E-state index is 13.3. The van der Waals surface area contributed by atoms with Gasteiger partial charge in [-0.1, -0.05) is 17.3 Å². The Bertz CT molecular complexity index is 708. The number of rotatable bonds is 5. The van der Waals surface area contributed by atoms with Crippen molar-refractivity contribution in [2.24, 2.45) is 0 Å². The second-order valence-corrected chi connectivity index (χ2v) is 6.44. The van der Waals surface area contributed by atoms with Gasteiger partial charge in [0.05, 0.1) is 6.04 Å². The van der Waals surface area contributed by atoms with Gasteiger partial charge in [-0.05, 0) is 31.7 Å². The van der Waals surface area contributed by atoms with Crippen molar-refractivity contribution in [2.45, 2.75) is 13.0 Å². The van der Waals surface area contributed by atoms with E-state index in [1.165, 1.54) is 12.1 Å². The molecule has 0 unspecified atom stereocenters. The number of carbonyl (C=O) groups excluding carboxylic acids is 1. The van der Waals surface area contributed by atoms with Crippen molar-refractivity contribution in [2.75, 3.05) is 39.8 Å². The third-order valence-corrected chi connectivity index (χ3v) is 4.55. The first kappa shape index (κ1) is 17.6. The normalized spacial score (nSPS) is 17.4. The highest BCUT2D eigenvalue weighted by Gasteiger charge is 2.25. The summed E-state index contributed by atoms with van der Waals surface area (Å²) in [5.41, 5.74) is 1.26. The number of hydrogen-bond donors (Lipinski definition) is 1. The molecule has 2 aromatic rings. The Labute approximate surface area is 146 Å². The Morgan fingerprint density at radius 3 is 2.56 bits per heavy atom. The van der Waals surface area contributed by atoms with Crippen LogP contribution < -0.4 is 5.32 Å². The zero-order chi connectivity index (χ0) is 17.8. The molecule has 1 aliphatic rings. The van der Waals surface area contributed by atoms with E-state index < -0.39 is 0 Å². The first-order valence-corrected chi connectivity index (χ1v) is 8.42. The van der Waals surface area contributed by atoms with Crippen LogP contribution in [0.1, 0.15) is 27.9 Å². The fourth-order valence-corrected chi connectivity index (χ4v) is 3.03. The first-order chi connectivity index (χ1) is 12.0. The van der Waals surface area contributed by atoms with E-state index in [1.807, 2.05) is 0 Å². The minimum absolute atomic E-state index is 0.00810. The molecule has 7 heteroatoms. The first-order valence-electron chi connectivity index (χ1n) is 8.42. The van der Waals surface area contributed by atoms with Gasteiger partial charge < -0.3 is 14.7 Å². The molecular weight excluding hydrogens is 323 g/mol. The highest BCUT2D eigenvalue weighted by atomic mass is 19.1. The predicted molar refractivity (Wildman–Crippen MR) is 91.8 cm³/mol. The molecule has 6 nitrogen and oxygen atoms in total. The Morgan fingerprint density at radius 2 is 1.96 bits per heavy atom. The van der Waals surface area contributed by atoms with Crippen molar-refractivity contribution in [3.05, 3.63) is 53.2 Å². The van der Waals surface area contributed by atoms with Crippen molar-refractivity contribution in [3.63, 3.8) is 0 Å². The number of hydrogen-bond acceptors (Lipinski definition) is 5. The average molecular weight is 346 g/mol. The van der Waals surface area contributed by atoms with Crippen LogP contribution in [0.25, 0.3) is 0 Å². The Hall–Kier alpha value is -2.25. The summed E-state index contributed by atoms with van der Waals surface area (Å²) in [6.07, 6.45) is 0. The fourth-order valence-electron chi connectivity index (χ4n) is 3.03. The molecule has 1 saturated heterocycles. The van der Waals surface area contributed by atoms with Crippen LogP contribution >= 0.6 is 0 Å². The number of nitrogens with zero attached hydrogens (tertiary/aromatic N) is 3. The minimum atomic E-state index is -0.266. The fraction of sp³-hybridized carbons (Fsp3) is 0.444. The molecule has 1 N–H and O–H groups in total. The molecular formula is C18H23FN4O2. The molecule has 1 atom stereocenters. The van der Waals surface area contributed by atoms with Crippen LogP contribution in [0.5, 0.6) is 0 Å². The second-order valence-electron chi connectivity index (χ2n) is 6.44. The van der Waals surface area contributed by atoms with Gasteiger partial charge in [0.1, 0.15) is 11.6 Å². The molecule has 0 aliphatic carbocycles. The molecule has 0 saturated carbocycles. The van der Waals surface area contributed by atoms with Gasteiger partial charge in [-0.2, -0.15) is 0 Å². The summed E-state index contributed by atoms with van der Waals surface area (Å²) in [4.78, 5) is 16.9. The monoisotopic (exact) mass is 346 g/mol. The van der Waals surface area contributed by atoms with E-state index in [-0.39, 0.29) is 23.5 Å². The summed E-state index contributed by atoms with van der Waals surface area (Å²) in [6, 6.07) is 8.09. The lowest BCUT2D eigenvalue weighted by molar-refractivity contribution is 0.0878. The Kier molecular flexibility index (Phi) is 5.45. The molecule has 3 rings (SSSR count). The lowest BCUT2D eigenvalue weighted by Gasteiger charge is -2.38. The van der Waals surface area contributed by atoms with Gasteiger partial charge in [0, 0.05) is 38.8 Å². The zero-order valence-electron chi connectivity index (χ0n) is 14.5. The van der Waals surface area contributed by atoms with Gasteiger partial charge in [0.25, 0.3) is 5.91 Å². The zero-order valence-corrected chi connectivity index (χ0v) is 14.5.